The van der Waals surface area contributed by atoms with Crippen molar-refractivity contribution in [2.24, 2.45) is 7.05 Å². The highest BCUT2D eigenvalue weighted by molar-refractivity contribution is 5.84. The summed E-state index contributed by atoms with van der Waals surface area (Å²) in [5.74, 6) is 2.07. The van der Waals surface area contributed by atoms with Crippen molar-refractivity contribution >= 4 is 5.91 Å². The molecule has 0 spiro atoms. The van der Waals surface area contributed by atoms with Gasteiger partial charge >= 0.3 is 0 Å². The van der Waals surface area contributed by atoms with Crippen LogP contribution in [-0.2, 0) is 35.1 Å². The van der Waals surface area contributed by atoms with Gasteiger partial charge in [-0.25, -0.2) is 0 Å². The highest BCUT2D eigenvalue weighted by Gasteiger charge is 2.43. The van der Waals surface area contributed by atoms with Crippen molar-refractivity contribution in [3.8, 4) is 0 Å². The Morgan fingerprint density at radius 3 is 2.71 bits per heavy atom. The second kappa shape index (κ2) is 7.31. The molecule has 28 heavy (non-hydrogen) atoms. The van der Waals surface area contributed by atoms with Crippen LogP contribution in [0.4, 0.5) is 0 Å². The van der Waals surface area contributed by atoms with E-state index >= 15 is 0 Å². The van der Waals surface area contributed by atoms with Gasteiger partial charge in [0.05, 0.1) is 12.3 Å². The average molecular weight is 387 g/mol. The van der Waals surface area contributed by atoms with Crippen LogP contribution in [0.5, 0.6) is 0 Å². The van der Waals surface area contributed by atoms with E-state index in [1.54, 1.807) is 0 Å². The zero-order chi connectivity index (χ0) is 19.9. The molecule has 0 radical (unpaired) electrons. The Hall–Kier alpha value is -2.22. The van der Waals surface area contributed by atoms with Gasteiger partial charge in [0, 0.05) is 25.2 Å². The van der Waals surface area contributed by atoms with Crippen molar-refractivity contribution < 1.29 is 9.53 Å². The summed E-state index contributed by atoms with van der Waals surface area (Å²) in [6.45, 7) is 7.33. The maximum absolute atomic E-state index is 13.2. The van der Waals surface area contributed by atoms with Crippen LogP contribution in [0.2, 0.25) is 0 Å². The molecule has 1 amide bonds. The van der Waals surface area contributed by atoms with E-state index in [1.165, 1.54) is 18.4 Å². The summed E-state index contributed by atoms with van der Waals surface area (Å²) < 4.78 is 9.66. The first-order chi connectivity index (χ1) is 13.4. The lowest BCUT2D eigenvalue weighted by Crippen LogP contribution is -2.53. The topological polar surface area (TPSA) is 86.9 Å². The summed E-state index contributed by atoms with van der Waals surface area (Å²) >= 11 is 0. The van der Waals surface area contributed by atoms with Crippen molar-refractivity contribution in [2.45, 2.75) is 70.9 Å². The number of nitrogens with zero attached hydrogens (tertiary/aromatic N) is 5. The summed E-state index contributed by atoms with van der Waals surface area (Å²) in [5, 5.41) is 16.4. The first-order valence-corrected chi connectivity index (χ1v) is 10.2. The van der Waals surface area contributed by atoms with Crippen molar-refractivity contribution in [2.75, 3.05) is 13.2 Å². The zero-order valence-electron chi connectivity index (χ0n) is 17.3. The first-order valence-electron chi connectivity index (χ1n) is 10.2. The highest BCUT2D eigenvalue weighted by atomic mass is 16.5. The van der Waals surface area contributed by atoms with E-state index < -0.39 is 5.54 Å². The zero-order valence-corrected chi connectivity index (χ0v) is 17.3. The van der Waals surface area contributed by atoms with Crippen LogP contribution in [-0.4, -0.2) is 43.6 Å². The molecule has 8 heteroatoms. The van der Waals surface area contributed by atoms with Crippen LogP contribution in [0.25, 0.3) is 0 Å². The molecule has 1 unspecified atom stereocenters. The Labute approximate surface area is 165 Å². The third-order valence-electron chi connectivity index (χ3n) is 6.39. The molecule has 2 aliphatic rings. The fourth-order valence-corrected chi connectivity index (χ4v) is 4.65. The molecule has 1 N–H and O–H groups in total. The number of amides is 1. The number of rotatable bonds is 5. The van der Waals surface area contributed by atoms with Gasteiger partial charge in [0.1, 0.15) is 18.0 Å². The molecule has 152 valence electrons. The Morgan fingerprint density at radius 2 is 2.04 bits per heavy atom. The van der Waals surface area contributed by atoms with Crippen molar-refractivity contribution in [3.63, 3.8) is 0 Å². The largest absolute Gasteiger partial charge is 0.370 e. The van der Waals surface area contributed by atoms with Gasteiger partial charge in [-0.05, 0) is 45.6 Å². The Morgan fingerprint density at radius 1 is 1.29 bits per heavy atom. The summed E-state index contributed by atoms with van der Waals surface area (Å²) in [7, 11) is 1.95. The third-order valence-corrected chi connectivity index (χ3v) is 6.39. The van der Waals surface area contributed by atoms with E-state index in [0.717, 1.165) is 42.3 Å². The maximum Gasteiger partial charge on any atom is 0.248 e. The molecule has 2 aromatic rings. The molecule has 8 nitrogen and oxygen atoms in total. The smallest absolute Gasteiger partial charge is 0.248 e. The van der Waals surface area contributed by atoms with E-state index in [0.29, 0.717) is 25.7 Å². The highest BCUT2D eigenvalue weighted by Crippen LogP contribution is 2.37. The minimum atomic E-state index is -0.811. The standard InChI is InChI=1S/C20H30N6O2/c1-13-16(14(2)25(4)24-13)9-10-21-19(27)20(3)12-28-11-17-22-23-18(26(17)20)15-7-5-6-8-15/h15H,5-12H2,1-4H3,(H,21,27). The van der Waals surface area contributed by atoms with Crippen LogP contribution in [0.1, 0.15) is 67.1 Å². The summed E-state index contributed by atoms with van der Waals surface area (Å²) in [4.78, 5) is 13.2. The van der Waals surface area contributed by atoms with Gasteiger partial charge in [-0.1, -0.05) is 12.8 Å². The molecule has 0 saturated heterocycles. The molecule has 1 aliphatic heterocycles. The van der Waals surface area contributed by atoms with E-state index in [1.807, 2.05) is 25.6 Å². The average Bonchev–Trinajstić information content (AvgIpc) is 3.38. The molecule has 1 fully saturated rings. The minimum Gasteiger partial charge on any atom is -0.370 e. The summed E-state index contributed by atoms with van der Waals surface area (Å²) in [5.41, 5.74) is 2.55. The fourth-order valence-electron chi connectivity index (χ4n) is 4.65. The number of carbonyl (C=O) groups is 1. The van der Waals surface area contributed by atoms with E-state index in [4.69, 9.17) is 4.74 Å². The molecule has 3 heterocycles. The summed E-state index contributed by atoms with van der Waals surface area (Å²) in [6, 6.07) is 0. The monoisotopic (exact) mass is 386 g/mol. The number of aryl methyl sites for hydroxylation is 2. The minimum absolute atomic E-state index is 0.0355. The molecule has 4 rings (SSSR count). The van der Waals surface area contributed by atoms with Crippen molar-refractivity contribution in [3.05, 3.63) is 28.6 Å². The molecular formula is C20H30N6O2. The van der Waals surface area contributed by atoms with Crippen LogP contribution >= 0.6 is 0 Å². The van der Waals surface area contributed by atoms with Gasteiger partial charge in [0.2, 0.25) is 5.91 Å². The quantitative estimate of drug-likeness (QED) is 0.848. The molecule has 0 aromatic carbocycles. The van der Waals surface area contributed by atoms with Crippen molar-refractivity contribution in [1.29, 1.82) is 0 Å². The van der Waals surface area contributed by atoms with Gasteiger partial charge in [0.25, 0.3) is 0 Å². The lowest BCUT2D eigenvalue weighted by atomic mass is 9.97. The second-order valence-corrected chi connectivity index (χ2v) is 8.34. The number of ether oxygens (including phenoxy) is 1. The maximum atomic E-state index is 13.2. The number of aromatic nitrogens is 5. The normalized spacial score (nSPS) is 22.4. The molecule has 1 saturated carbocycles. The fraction of sp³-hybridized carbons (Fsp3) is 0.700. The van der Waals surface area contributed by atoms with Crippen molar-refractivity contribution in [1.82, 2.24) is 29.9 Å². The Balaban J connectivity index is 1.51. The SMILES string of the molecule is Cc1nn(C)c(C)c1CCNC(=O)C1(C)COCc2nnc(C3CCCC3)n21. The van der Waals surface area contributed by atoms with Gasteiger partial charge < -0.3 is 10.1 Å². The second-order valence-electron chi connectivity index (χ2n) is 8.34. The van der Waals surface area contributed by atoms with Gasteiger partial charge in [-0.2, -0.15) is 5.10 Å². The van der Waals surface area contributed by atoms with Crippen LogP contribution in [0.15, 0.2) is 0 Å². The Bertz CT molecular complexity index is 880. The van der Waals surface area contributed by atoms with E-state index in [2.05, 4.69) is 32.1 Å². The first kappa shape index (κ1) is 19.1. The molecule has 2 aromatic heterocycles. The number of fused-ring (bicyclic) bond motifs is 1. The van der Waals surface area contributed by atoms with Gasteiger partial charge in [0.15, 0.2) is 5.82 Å². The van der Waals surface area contributed by atoms with E-state index in [-0.39, 0.29) is 5.91 Å². The van der Waals surface area contributed by atoms with Crippen LogP contribution < -0.4 is 5.32 Å². The number of nitrogens with one attached hydrogen (secondary N) is 1. The Kier molecular flexibility index (Phi) is 4.99. The molecule has 1 atom stereocenters. The number of carbonyl (C=O) groups excluding carboxylic acids is 1. The summed E-state index contributed by atoms with van der Waals surface area (Å²) in [6.07, 6.45) is 5.44. The predicted octanol–water partition coefficient (Wildman–Crippen LogP) is 1.89. The third kappa shape index (κ3) is 3.13. The molecular weight excluding hydrogens is 356 g/mol. The van der Waals surface area contributed by atoms with Gasteiger partial charge in [-0.3, -0.25) is 14.0 Å². The lowest BCUT2D eigenvalue weighted by molar-refractivity contribution is -0.135. The number of hydrogen-bond acceptors (Lipinski definition) is 5. The van der Waals surface area contributed by atoms with Gasteiger partial charge in [-0.15, -0.1) is 10.2 Å². The van der Waals surface area contributed by atoms with Crippen LogP contribution in [0, 0.1) is 13.8 Å². The molecule has 1 aliphatic carbocycles. The number of hydrogen-bond donors (Lipinski definition) is 1. The molecule has 0 bridgehead atoms. The van der Waals surface area contributed by atoms with E-state index in [9.17, 15) is 4.79 Å². The lowest BCUT2D eigenvalue weighted by Gasteiger charge is -2.36. The van der Waals surface area contributed by atoms with Crippen LogP contribution in [0.3, 0.4) is 0 Å². The predicted molar refractivity (Wildman–Crippen MR) is 104 cm³/mol.